The number of quaternary nitrogens is 1. The van der Waals surface area contributed by atoms with Gasteiger partial charge in [-0.25, -0.2) is 4.79 Å². The minimum absolute atomic E-state index is 0.135. The van der Waals surface area contributed by atoms with Gasteiger partial charge in [0.1, 0.15) is 6.54 Å². The second-order valence-electron chi connectivity index (χ2n) is 5.54. The predicted octanol–water partition coefficient (Wildman–Crippen LogP) is 3.90. The Labute approximate surface area is 128 Å². The highest BCUT2D eigenvalue weighted by Crippen LogP contribution is 2.23. The fourth-order valence-electron chi connectivity index (χ4n) is 2.71. The number of ether oxygens (including phenoxy) is 1. The van der Waals surface area contributed by atoms with Crippen LogP contribution in [0.25, 0.3) is 0 Å². The van der Waals surface area contributed by atoms with E-state index in [0.717, 1.165) is 30.5 Å². The van der Waals surface area contributed by atoms with E-state index in [4.69, 9.17) is 4.74 Å². The molecular formula is C18H28NO2+. The number of esters is 1. The summed E-state index contributed by atoms with van der Waals surface area (Å²) in [6.07, 6.45) is 0.664. The van der Waals surface area contributed by atoms with Gasteiger partial charge >= 0.3 is 5.97 Å². The lowest BCUT2D eigenvalue weighted by molar-refractivity contribution is -0.978. The van der Waals surface area contributed by atoms with E-state index in [2.05, 4.69) is 51.6 Å². The fourth-order valence-corrected chi connectivity index (χ4v) is 2.71. The summed E-state index contributed by atoms with van der Waals surface area (Å²) in [6.45, 7) is 14.5. The number of hydrogen-bond acceptors (Lipinski definition) is 2. The summed E-state index contributed by atoms with van der Waals surface area (Å²) >= 11 is 0. The molecule has 21 heavy (non-hydrogen) atoms. The van der Waals surface area contributed by atoms with Crippen LogP contribution in [-0.2, 0) is 16.1 Å². The highest BCUT2D eigenvalue weighted by atomic mass is 16.6. The lowest BCUT2D eigenvalue weighted by Crippen LogP contribution is -2.56. The van der Waals surface area contributed by atoms with Crippen LogP contribution in [0.1, 0.15) is 39.7 Å². The average Bonchev–Trinajstić information content (AvgIpc) is 2.51. The Bertz CT molecular complexity index is 463. The van der Waals surface area contributed by atoms with Crippen molar-refractivity contribution in [1.82, 2.24) is 0 Å². The van der Waals surface area contributed by atoms with Gasteiger partial charge in [-0.2, -0.15) is 0 Å². The van der Waals surface area contributed by atoms with E-state index >= 15 is 0 Å². The molecule has 1 rings (SSSR count). The highest BCUT2D eigenvalue weighted by molar-refractivity contribution is 5.86. The summed E-state index contributed by atoms with van der Waals surface area (Å²) in [6, 6.07) is 10.4. The van der Waals surface area contributed by atoms with Gasteiger partial charge in [0, 0.05) is 17.6 Å². The van der Waals surface area contributed by atoms with Gasteiger partial charge in [-0.15, -0.1) is 0 Å². The first-order valence-electron chi connectivity index (χ1n) is 7.75. The molecule has 116 valence electrons. The molecule has 0 amide bonds. The number of benzene rings is 1. The number of rotatable bonds is 8. The smallest absolute Gasteiger partial charge is 0.337 e. The maximum atomic E-state index is 11.9. The van der Waals surface area contributed by atoms with E-state index < -0.39 is 0 Å². The first kappa shape index (κ1) is 17.4. The van der Waals surface area contributed by atoms with Crippen molar-refractivity contribution in [3.8, 4) is 0 Å². The van der Waals surface area contributed by atoms with E-state index in [1.165, 1.54) is 5.56 Å². The van der Waals surface area contributed by atoms with Gasteiger partial charge in [0.05, 0.1) is 13.1 Å². The van der Waals surface area contributed by atoms with Crippen LogP contribution in [0.15, 0.2) is 42.5 Å². The number of hydrogen-bond donors (Lipinski definition) is 0. The number of carbonyl (C=O) groups is 1. The van der Waals surface area contributed by atoms with Gasteiger partial charge in [-0.1, -0.05) is 43.8 Å². The van der Waals surface area contributed by atoms with E-state index in [1.54, 1.807) is 6.92 Å². The Hall–Kier alpha value is -1.61. The quantitative estimate of drug-likeness (QED) is 0.314. The molecule has 3 heteroatoms. The van der Waals surface area contributed by atoms with Crippen molar-refractivity contribution < 1.29 is 14.0 Å². The molecule has 0 aliphatic rings. The Morgan fingerprint density at radius 2 is 1.76 bits per heavy atom. The molecule has 0 saturated carbocycles. The van der Waals surface area contributed by atoms with Crippen molar-refractivity contribution in [3.05, 3.63) is 48.0 Å². The van der Waals surface area contributed by atoms with Crippen molar-refractivity contribution >= 4 is 5.97 Å². The van der Waals surface area contributed by atoms with E-state index in [-0.39, 0.29) is 12.2 Å². The maximum Gasteiger partial charge on any atom is 0.337 e. The molecule has 0 aliphatic carbocycles. The van der Waals surface area contributed by atoms with Gasteiger partial charge in [0.15, 0.2) is 0 Å². The number of nitrogens with zero attached hydrogens (tertiary/aromatic N) is 1. The van der Waals surface area contributed by atoms with Crippen LogP contribution in [0.2, 0.25) is 0 Å². The van der Waals surface area contributed by atoms with Crippen LogP contribution in [0.5, 0.6) is 0 Å². The molecule has 0 fully saturated rings. The van der Waals surface area contributed by atoms with E-state index in [9.17, 15) is 4.79 Å². The van der Waals surface area contributed by atoms with Crippen molar-refractivity contribution in [2.45, 2.75) is 46.9 Å². The molecular weight excluding hydrogens is 262 g/mol. The fraction of sp³-hybridized carbons (Fsp3) is 0.500. The van der Waals surface area contributed by atoms with Crippen molar-refractivity contribution in [2.24, 2.45) is 0 Å². The minimum Gasteiger partial charge on any atom is -0.409 e. The molecule has 1 aromatic rings. The third-order valence-corrected chi connectivity index (χ3v) is 4.15. The molecule has 3 nitrogen and oxygen atoms in total. The van der Waals surface area contributed by atoms with Crippen LogP contribution < -0.4 is 0 Å². The van der Waals surface area contributed by atoms with Gasteiger partial charge < -0.3 is 4.74 Å². The number of carbonyl (C=O) groups excluding carboxylic acids is 1. The van der Waals surface area contributed by atoms with Crippen LogP contribution in [-0.4, -0.2) is 29.8 Å². The summed E-state index contributed by atoms with van der Waals surface area (Å²) in [5, 5.41) is 0. The minimum atomic E-state index is -0.292. The molecule has 0 aromatic heterocycles. The van der Waals surface area contributed by atoms with Gasteiger partial charge in [-0.3, -0.25) is 4.48 Å². The monoisotopic (exact) mass is 290 g/mol. The topological polar surface area (TPSA) is 26.3 Å². The summed E-state index contributed by atoms with van der Waals surface area (Å²) in [5.41, 5.74) is 1.73. The summed E-state index contributed by atoms with van der Waals surface area (Å²) in [5.74, 6) is -0.292. The van der Waals surface area contributed by atoms with Gasteiger partial charge in [0.25, 0.3) is 0 Å². The SMILES string of the molecule is C=C(C)C(=O)OC(CC)[N+](CC)(CC)Cc1ccccc1. The molecule has 0 bridgehead atoms. The third-order valence-electron chi connectivity index (χ3n) is 4.15. The zero-order chi connectivity index (χ0) is 15.9. The Morgan fingerprint density at radius 3 is 2.19 bits per heavy atom. The maximum absolute atomic E-state index is 11.9. The van der Waals surface area contributed by atoms with Crippen molar-refractivity contribution in [2.75, 3.05) is 13.1 Å². The van der Waals surface area contributed by atoms with Gasteiger partial charge in [-0.05, 0) is 20.8 Å². The Kier molecular flexibility index (Phi) is 6.63. The summed E-state index contributed by atoms with van der Waals surface area (Å²) in [7, 11) is 0. The van der Waals surface area contributed by atoms with Crippen LogP contribution in [0.3, 0.4) is 0 Å². The van der Waals surface area contributed by atoms with Crippen LogP contribution in [0.4, 0.5) is 0 Å². The first-order valence-corrected chi connectivity index (χ1v) is 7.75. The molecule has 0 spiro atoms. The van der Waals surface area contributed by atoms with E-state index in [0.29, 0.717) is 5.57 Å². The molecule has 0 aliphatic heterocycles. The molecule has 0 saturated heterocycles. The third kappa shape index (κ3) is 4.43. The zero-order valence-corrected chi connectivity index (χ0v) is 13.8. The Balaban J connectivity index is 3.00. The lowest BCUT2D eigenvalue weighted by atomic mass is 10.1. The zero-order valence-electron chi connectivity index (χ0n) is 13.8. The second kappa shape index (κ2) is 7.99. The average molecular weight is 290 g/mol. The van der Waals surface area contributed by atoms with Crippen LogP contribution >= 0.6 is 0 Å². The van der Waals surface area contributed by atoms with E-state index in [1.807, 2.05) is 6.07 Å². The predicted molar refractivity (Wildman–Crippen MR) is 86.5 cm³/mol. The normalized spacial score (nSPS) is 12.8. The second-order valence-corrected chi connectivity index (χ2v) is 5.54. The van der Waals surface area contributed by atoms with Crippen LogP contribution in [0, 0.1) is 0 Å². The molecule has 1 unspecified atom stereocenters. The molecule has 0 radical (unpaired) electrons. The molecule has 1 atom stereocenters. The summed E-state index contributed by atoms with van der Waals surface area (Å²) in [4.78, 5) is 11.9. The van der Waals surface area contributed by atoms with Crippen molar-refractivity contribution in [3.63, 3.8) is 0 Å². The first-order chi connectivity index (χ1) is 9.99. The highest BCUT2D eigenvalue weighted by Gasteiger charge is 2.36. The molecule has 0 N–H and O–H groups in total. The summed E-state index contributed by atoms with van der Waals surface area (Å²) < 4.78 is 6.46. The molecule has 1 aromatic carbocycles. The largest absolute Gasteiger partial charge is 0.409 e. The lowest BCUT2D eigenvalue weighted by Gasteiger charge is -2.42. The van der Waals surface area contributed by atoms with Crippen molar-refractivity contribution in [1.29, 1.82) is 0 Å². The van der Waals surface area contributed by atoms with Gasteiger partial charge in [0.2, 0.25) is 6.23 Å². The molecule has 0 heterocycles. The Morgan fingerprint density at radius 1 is 1.19 bits per heavy atom. The standard InChI is InChI=1S/C18H28NO2/c1-6-17(21-18(20)15(4)5)19(7-2,8-3)14-16-12-10-9-11-13-16/h9-13,17H,4,6-8,14H2,1-3,5H3/q+1.